The summed E-state index contributed by atoms with van der Waals surface area (Å²) in [5, 5.41) is 3.05. The van der Waals surface area contributed by atoms with Crippen molar-refractivity contribution in [1.82, 2.24) is 10.2 Å². The Morgan fingerprint density at radius 2 is 1.65 bits per heavy atom. The molecule has 26 heavy (non-hydrogen) atoms. The summed E-state index contributed by atoms with van der Waals surface area (Å²) < 4.78 is 0. The van der Waals surface area contributed by atoms with E-state index in [1.165, 1.54) is 11.1 Å². The van der Waals surface area contributed by atoms with E-state index in [2.05, 4.69) is 17.4 Å². The smallest absolute Gasteiger partial charge is 0.238 e. The Morgan fingerprint density at radius 3 is 2.35 bits per heavy atom. The van der Waals surface area contributed by atoms with Crippen LogP contribution in [0, 0.1) is 5.41 Å². The molecule has 4 nitrogen and oxygen atoms in total. The molecule has 134 valence electrons. The Labute approximate surface area is 154 Å². The second-order valence-corrected chi connectivity index (χ2v) is 7.43. The van der Waals surface area contributed by atoms with E-state index in [0.717, 1.165) is 12.0 Å². The van der Waals surface area contributed by atoms with Crippen molar-refractivity contribution in [1.29, 1.82) is 0 Å². The average Bonchev–Trinajstić information content (AvgIpc) is 3.50. The minimum atomic E-state index is -0.852. The second-order valence-electron chi connectivity index (χ2n) is 7.43. The van der Waals surface area contributed by atoms with Gasteiger partial charge in [-0.25, -0.2) is 0 Å². The van der Waals surface area contributed by atoms with Crippen molar-refractivity contribution in [2.45, 2.75) is 38.8 Å². The topological polar surface area (TPSA) is 49.4 Å². The van der Waals surface area contributed by atoms with Gasteiger partial charge in [-0.15, -0.1) is 0 Å². The van der Waals surface area contributed by atoms with Crippen molar-refractivity contribution in [2.24, 2.45) is 5.41 Å². The molecule has 1 aliphatic heterocycles. The summed E-state index contributed by atoms with van der Waals surface area (Å²) in [5.41, 5.74) is 2.70. The minimum absolute atomic E-state index is 0.00948. The maximum atomic E-state index is 13.1. The maximum Gasteiger partial charge on any atom is 0.238 e. The summed E-state index contributed by atoms with van der Waals surface area (Å²) in [5.74, 6) is -0.137. The predicted molar refractivity (Wildman–Crippen MR) is 100 cm³/mol. The third-order valence-corrected chi connectivity index (χ3v) is 5.66. The van der Waals surface area contributed by atoms with Gasteiger partial charge in [0.05, 0.1) is 6.04 Å². The summed E-state index contributed by atoms with van der Waals surface area (Å²) >= 11 is 0. The van der Waals surface area contributed by atoms with E-state index in [0.29, 0.717) is 25.9 Å². The normalized spacial score (nSPS) is 18.6. The van der Waals surface area contributed by atoms with Gasteiger partial charge in [-0.3, -0.25) is 9.59 Å². The molecular weight excluding hydrogens is 324 g/mol. The predicted octanol–water partition coefficient (Wildman–Crippen LogP) is 3.23. The molecule has 1 aliphatic carbocycles. The largest absolute Gasteiger partial charge is 0.349 e. The summed E-state index contributed by atoms with van der Waals surface area (Å²) in [4.78, 5) is 27.9. The molecule has 2 aliphatic rings. The molecule has 2 aromatic rings. The Kier molecular flexibility index (Phi) is 4.27. The van der Waals surface area contributed by atoms with E-state index >= 15 is 0 Å². The lowest BCUT2D eigenvalue weighted by Gasteiger charge is -2.32. The van der Waals surface area contributed by atoms with Crippen molar-refractivity contribution in [3.8, 4) is 0 Å². The Balaban J connectivity index is 1.45. The van der Waals surface area contributed by atoms with Crippen LogP contribution in [0.4, 0.5) is 0 Å². The number of rotatable bonds is 4. The van der Waals surface area contributed by atoms with Crippen LogP contribution in [0.15, 0.2) is 54.6 Å². The number of nitrogens with zero attached hydrogens (tertiary/aromatic N) is 1. The van der Waals surface area contributed by atoms with Gasteiger partial charge in [0, 0.05) is 13.1 Å². The molecule has 0 spiro atoms. The van der Waals surface area contributed by atoms with Crippen molar-refractivity contribution in [2.75, 3.05) is 6.54 Å². The van der Waals surface area contributed by atoms with Gasteiger partial charge in [0.15, 0.2) is 0 Å². The first-order chi connectivity index (χ1) is 12.6. The first-order valence-corrected chi connectivity index (χ1v) is 9.32. The summed E-state index contributed by atoms with van der Waals surface area (Å²) in [6.45, 7) is 3.27. The number of nitrogens with one attached hydrogen (secondary N) is 1. The number of benzene rings is 2. The van der Waals surface area contributed by atoms with Gasteiger partial charge in [-0.1, -0.05) is 54.6 Å². The molecule has 1 N–H and O–H groups in total. The third kappa shape index (κ3) is 3.00. The Hall–Kier alpha value is -2.62. The first kappa shape index (κ1) is 16.8. The van der Waals surface area contributed by atoms with Gasteiger partial charge in [-0.2, -0.15) is 0 Å². The lowest BCUT2D eigenvalue weighted by Crippen LogP contribution is -2.47. The first-order valence-electron chi connectivity index (χ1n) is 9.32. The molecule has 1 saturated carbocycles. The molecule has 0 saturated heterocycles. The molecule has 1 atom stereocenters. The van der Waals surface area contributed by atoms with Crippen LogP contribution in [0.1, 0.15) is 42.5 Å². The standard InChI is InChI=1S/C22H24N2O2/c1-16(17-7-3-2-4-8-17)23-20(25)22(12-13-22)21(26)24-14-11-18-9-5-6-10-19(18)15-24/h2-10,16H,11-15H2,1H3,(H,23,25). The molecule has 0 bridgehead atoms. The highest BCUT2D eigenvalue weighted by Crippen LogP contribution is 2.48. The van der Waals surface area contributed by atoms with Crippen molar-refractivity contribution in [3.05, 3.63) is 71.3 Å². The zero-order valence-corrected chi connectivity index (χ0v) is 15.1. The van der Waals surface area contributed by atoms with Crippen LogP contribution < -0.4 is 5.32 Å². The highest BCUT2D eigenvalue weighted by atomic mass is 16.2. The lowest BCUT2D eigenvalue weighted by molar-refractivity contribution is -0.145. The number of hydrogen-bond acceptors (Lipinski definition) is 2. The molecule has 4 rings (SSSR count). The fourth-order valence-corrected chi connectivity index (χ4v) is 3.79. The minimum Gasteiger partial charge on any atom is -0.349 e. The molecular formula is C22H24N2O2. The number of fused-ring (bicyclic) bond motifs is 1. The zero-order valence-electron chi connectivity index (χ0n) is 15.1. The fraction of sp³-hybridized carbons (Fsp3) is 0.364. The molecule has 4 heteroatoms. The van der Waals surface area contributed by atoms with Gasteiger partial charge >= 0.3 is 0 Å². The zero-order chi connectivity index (χ0) is 18.1. The molecule has 1 fully saturated rings. The molecule has 1 unspecified atom stereocenters. The SMILES string of the molecule is CC(NC(=O)C1(C(=O)N2CCc3ccccc3C2)CC1)c1ccccc1. The summed E-state index contributed by atoms with van der Waals surface area (Å²) in [6, 6.07) is 18.0. The average molecular weight is 348 g/mol. The molecule has 0 aromatic heterocycles. The van der Waals surface area contributed by atoms with E-state index < -0.39 is 5.41 Å². The number of carbonyl (C=O) groups is 2. The van der Waals surface area contributed by atoms with Gasteiger partial charge in [-0.05, 0) is 42.9 Å². The van der Waals surface area contributed by atoms with Gasteiger partial charge in [0.25, 0.3) is 0 Å². The van der Waals surface area contributed by atoms with Gasteiger partial charge in [0.2, 0.25) is 11.8 Å². The van der Waals surface area contributed by atoms with Crippen molar-refractivity contribution in [3.63, 3.8) is 0 Å². The van der Waals surface area contributed by atoms with E-state index in [4.69, 9.17) is 0 Å². The van der Waals surface area contributed by atoms with Crippen LogP contribution >= 0.6 is 0 Å². The van der Waals surface area contributed by atoms with E-state index in [9.17, 15) is 9.59 Å². The van der Waals surface area contributed by atoms with Crippen molar-refractivity contribution < 1.29 is 9.59 Å². The van der Waals surface area contributed by atoms with E-state index in [1.54, 1.807) is 0 Å². The molecule has 0 radical (unpaired) electrons. The quantitative estimate of drug-likeness (QED) is 0.863. The van der Waals surface area contributed by atoms with Gasteiger partial charge in [0.1, 0.15) is 5.41 Å². The highest BCUT2D eigenvalue weighted by Gasteiger charge is 2.58. The molecule has 2 aromatic carbocycles. The van der Waals surface area contributed by atoms with E-state index in [1.807, 2.05) is 54.3 Å². The highest BCUT2D eigenvalue weighted by molar-refractivity contribution is 6.08. The number of amides is 2. The number of carbonyl (C=O) groups excluding carboxylic acids is 2. The monoisotopic (exact) mass is 348 g/mol. The Bertz CT molecular complexity index is 827. The summed E-state index contributed by atoms with van der Waals surface area (Å²) in [7, 11) is 0. The van der Waals surface area contributed by atoms with Crippen LogP contribution in [0.2, 0.25) is 0 Å². The van der Waals surface area contributed by atoms with E-state index in [-0.39, 0.29) is 17.9 Å². The Morgan fingerprint density at radius 1 is 1.00 bits per heavy atom. The van der Waals surface area contributed by atoms with Crippen LogP contribution in [0.3, 0.4) is 0 Å². The van der Waals surface area contributed by atoms with Gasteiger partial charge < -0.3 is 10.2 Å². The number of hydrogen-bond donors (Lipinski definition) is 1. The van der Waals surface area contributed by atoms with Crippen LogP contribution in [0.25, 0.3) is 0 Å². The maximum absolute atomic E-state index is 13.1. The molecule has 1 heterocycles. The second kappa shape index (κ2) is 6.60. The van der Waals surface area contributed by atoms with Crippen LogP contribution in [0.5, 0.6) is 0 Å². The fourth-order valence-electron chi connectivity index (χ4n) is 3.79. The van der Waals surface area contributed by atoms with Crippen molar-refractivity contribution >= 4 is 11.8 Å². The molecule has 2 amide bonds. The lowest BCUT2D eigenvalue weighted by atomic mass is 9.96. The third-order valence-electron chi connectivity index (χ3n) is 5.66. The summed E-state index contributed by atoms with van der Waals surface area (Å²) in [6.07, 6.45) is 2.16. The van der Waals surface area contributed by atoms with Crippen LogP contribution in [-0.2, 0) is 22.6 Å². The van der Waals surface area contributed by atoms with Crippen LogP contribution in [-0.4, -0.2) is 23.3 Å².